The van der Waals surface area contributed by atoms with Gasteiger partial charge in [0.05, 0.1) is 6.04 Å². The molecule has 0 amide bonds. The first kappa shape index (κ1) is 10.6. The lowest BCUT2D eigenvalue weighted by Gasteiger charge is -2.14. The van der Waals surface area contributed by atoms with Crippen molar-refractivity contribution < 1.29 is 0 Å². The summed E-state index contributed by atoms with van der Waals surface area (Å²) in [5.41, 5.74) is 1.12. The molecule has 3 heteroatoms. The van der Waals surface area contributed by atoms with Gasteiger partial charge in [-0.1, -0.05) is 12.8 Å². The van der Waals surface area contributed by atoms with Gasteiger partial charge in [-0.3, -0.25) is 0 Å². The Hall–Kier alpha value is -0.960. The molecule has 1 unspecified atom stereocenters. The van der Waals surface area contributed by atoms with Gasteiger partial charge in [0.2, 0.25) is 0 Å². The average Bonchev–Trinajstić information content (AvgIpc) is 3.05. The van der Waals surface area contributed by atoms with Gasteiger partial charge in [0.15, 0.2) is 0 Å². The van der Waals surface area contributed by atoms with Gasteiger partial charge in [0, 0.05) is 12.4 Å². The third-order valence-electron chi connectivity index (χ3n) is 3.02. The highest BCUT2D eigenvalue weighted by atomic mass is 15.0. The summed E-state index contributed by atoms with van der Waals surface area (Å²) >= 11 is 0. The second-order valence-corrected chi connectivity index (χ2v) is 4.48. The molecule has 0 saturated heterocycles. The average molecular weight is 205 g/mol. The lowest BCUT2D eigenvalue weighted by molar-refractivity contribution is 0.484. The fourth-order valence-electron chi connectivity index (χ4n) is 1.79. The second kappa shape index (κ2) is 4.71. The van der Waals surface area contributed by atoms with Crippen molar-refractivity contribution in [3.63, 3.8) is 0 Å². The van der Waals surface area contributed by atoms with Crippen LogP contribution in [0.5, 0.6) is 0 Å². The van der Waals surface area contributed by atoms with Crippen LogP contribution in [0.25, 0.3) is 0 Å². The predicted octanol–water partition coefficient (Wildman–Crippen LogP) is 2.24. The summed E-state index contributed by atoms with van der Waals surface area (Å²) < 4.78 is 0. The Balaban J connectivity index is 1.94. The summed E-state index contributed by atoms with van der Waals surface area (Å²) in [4.78, 5) is 8.75. The highest BCUT2D eigenvalue weighted by Gasteiger charge is 2.23. The summed E-state index contributed by atoms with van der Waals surface area (Å²) in [5.74, 6) is 1.91. The van der Waals surface area contributed by atoms with E-state index >= 15 is 0 Å². The Morgan fingerprint density at radius 2 is 2.07 bits per heavy atom. The molecule has 1 saturated carbocycles. The highest BCUT2D eigenvalue weighted by molar-refractivity contribution is 5.04. The molecule has 1 heterocycles. The molecule has 3 nitrogen and oxygen atoms in total. The zero-order valence-corrected chi connectivity index (χ0v) is 9.53. The van der Waals surface area contributed by atoms with E-state index in [-0.39, 0.29) is 0 Å². The molecule has 82 valence electrons. The molecule has 0 spiro atoms. The van der Waals surface area contributed by atoms with Crippen LogP contribution in [0.2, 0.25) is 0 Å². The van der Waals surface area contributed by atoms with Gasteiger partial charge < -0.3 is 5.32 Å². The molecule has 1 aromatic heterocycles. The zero-order chi connectivity index (χ0) is 10.7. The van der Waals surface area contributed by atoms with Crippen LogP contribution in [0.1, 0.15) is 43.1 Å². The molecular formula is C12H19N3. The summed E-state index contributed by atoms with van der Waals surface area (Å²) in [6.45, 7) is 2.02. The van der Waals surface area contributed by atoms with E-state index in [2.05, 4.69) is 15.3 Å². The maximum absolute atomic E-state index is 4.37. The molecular weight excluding hydrogens is 186 g/mol. The molecule has 1 fully saturated rings. The maximum atomic E-state index is 4.37. The molecule has 1 aromatic rings. The number of nitrogens with one attached hydrogen (secondary N) is 1. The molecule has 1 aliphatic rings. The first-order chi connectivity index (χ1) is 7.29. The summed E-state index contributed by atoms with van der Waals surface area (Å²) in [6, 6.07) is 0.325. The molecule has 0 radical (unpaired) electrons. The van der Waals surface area contributed by atoms with Crippen molar-refractivity contribution in [2.24, 2.45) is 5.92 Å². The van der Waals surface area contributed by atoms with Gasteiger partial charge in [-0.15, -0.1) is 0 Å². The Kier molecular flexibility index (Phi) is 3.31. The largest absolute Gasteiger partial charge is 0.310 e. The van der Waals surface area contributed by atoms with E-state index in [0.29, 0.717) is 6.04 Å². The quantitative estimate of drug-likeness (QED) is 0.801. The van der Waals surface area contributed by atoms with Crippen molar-refractivity contribution in [2.75, 3.05) is 7.05 Å². The lowest BCUT2D eigenvalue weighted by atomic mass is 10.1. The topological polar surface area (TPSA) is 37.8 Å². The van der Waals surface area contributed by atoms with Crippen molar-refractivity contribution in [3.05, 3.63) is 23.8 Å². The minimum atomic E-state index is 0.325. The number of rotatable bonds is 5. The molecule has 0 aliphatic heterocycles. The first-order valence-electron chi connectivity index (χ1n) is 5.75. The van der Waals surface area contributed by atoms with Gasteiger partial charge in [-0.05, 0) is 38.3 Å². The van der Waals surface area contributed by atoms with Crippen molar-refractivity contribution in [3.8, 4) is 0 Å². The smallest absolute Gasteiger partial charge is 0.145 e. The monoisotopic (exact) mass is 205 g/mol. The van der Waals surface area contributed by atoms with E-state index in [0.717, 1.165) is 23.7 Å². The number of nitrogens with zero attached hydrogens (tertiary/aromatic N) is 2. The first-order valence-corrected chi connectivity index (χ1v) is 5.75. The molecule has 0 bridgehead atoms. The third-order valence-corrected chi connectivity index (χ3v) is 3.02. The van der Waals surface area contributed by atoms with Crippen molar-refractivity contribution >= 4 is 0 Å². The van der Waals surface area contributed by atoms with Gasteiger partial charge in [0.25, 0.3) is 0 Å². The van der Waals surface area contributed by atoms with E-state index in [4.69, 9.17) is 0 Å². The summed E-state index contributed by atoms with van der Waals surface area (Å²) in [5, 5.41) is 3.30. The third kappa shape index (κ3) is 2.99. The van der Waals surface area contributed by atoms with Crippen LogP contribution in [0.4, 0.5) is 0 Å². The fraction of sp³-hybridized carbons (Fsp3) is 0.667. The van der Waals surface area contributed by atoms with Crippen LogP contribution in [0.15, 0.2) is 12.4 Å². The molecule has 0 aromatic carbocycles. The standard InChI is InChI=1S/C12H19N3/c1-9-7-14-12(15-8-9)11(13-2)6-5-10-3-4-10/h7-8,10-11,13H,3-6H2,1-2H3. The van der Waals surface area contributed by atoms with Gasteiger partial charge >= 0.3 is 0 Å². The van der Waals surface area contributed by atoms with Crippen molar-refractivity contribution in [1.29, 1.82) is 0 Å². The van der Waals surface area contributed by atoms with Crippen molar-refractivity contribution in [1.82, 2.24) is 15.3 Å². The maximum Gasteiger partial charge on any atom is 0.145 e. The normalized spacial score (nSPS) is 17.7. The van der Waals surface area contributed by atoms with Crippen LogP contribution < -0.4 is 5.32 Å². The van der Waals surface area contributed by atoms with E-state index in [1.807, 2.05) is 26.4 Å². The van der Waals surface area contributed by atoms with E-state index in [1.54, 1.807) is 0 Å². The van der Waals surface area contributed by atoms with Crippen LogP contribution >= 0.6 is 0 Å². The Morgan fingerprint density at radius 3 is 2.60 bits per heavy atom. The van der Waals surface area contributed by atoms with Crippen LogP contribution in [-0.4, -0.2) is 17.0 Å². The van der Waals surface area contributed by atoms with E-state index < -0.39 is 0 Å². The number of hydrogen-bond donors (Lipinski definition) is 1. The number of aryl methyl sites for hydroxylation is 1. The molecule has 2 rings (SSSR count). The van der Waals surface area contributed by atoms with Crippen molar-refractivity contribution in [2.45, 2.75) is 38.6 Å². The Bertz CT molecular complexity index is 303. The van der Waals surface area contributed by atoms with Gasteiger partial charge in [0.1, 0.15) is 5.82 Å². The zero-order valence-electron chi connectivity index (χ0n) is 9.53. The summed E-state index contributed by atoms with van der Waals surface area (Å²) in [6.07, 6.45) is 9.09. The number of aromatic nitrogens is 2. The molecule has 15 heavy (non-hydrogen) atoms. The fourth-order valence-corrected chi connectivity index (χ4v) is 1.79. The van der Waals surface area contributed by atoms with Crippen LogP contribution in [-0.2, 0) is 0 Å². The minimum absolute atomic E-state index is 0.325. The second-order valence-electron chi connectivity index (χ2n) is 4.48. The minimum Gasteiger partial charge on any atom is -0.310 e. The van der Waals surface area contributed by atoms with Gasteiger partial charge in [-0.25, -0.2) is 9.97 Å². The Labute approximate surface area is 91.3 Å². The van der Waals surface area contributed by atoms with Crippen LogP contribution in [0.3, 0.4) is 0 Å². The highest BCUT2D eigenvalue weighted by Crippen LogP contribution is 2.35. The molecule has 1 aliphatic carbocycles. The SMILES string of the molecule is CNC(CCC1CC1)c1ncc(C)cn1. The predicted molar refractivity (Wildman–Crippen MR) is 60.5 cm³/mol. The van der Waals surface area contributed by atoms with Crippen LogP contribution in [0, 0.1) is 12.8 Å². The summed E-state index contributed by atoms with van der Waals surface area (Å²) in [7, 11) is 1.99. The lowest BCUT2D eigenvalue weighted by Crippen LogP contribution is -2.19. The van der Waals surface area contributed by atoms with Gasteiger partial charge in [-0.2, -0.15) is 0 Å². The Morgan fingerprint density at radius 1 is 1.40 bits per heavy atom. The van der Waals surface area contributed by atoms with E-state index in [9.17, 15) is 0 Å². The van der Waals surface area contributed by atoms with E-state index in [1.165, 1.54) is 19.3 Å². The molecule has 1 atom stereocenters. The number of hydrogen-bond acceptors (Lipinski definition) is 3. The molecule has 1 N–H and O–H groups in total.